The Hall–Kier alpha value is -0.120. The Kier molecular flexibility index (Phi) is 5.75. The number of β-amino-alcohol motifs (C(OH)–C–C–N with tert-alkyl or cyclic N) is 1. The largest absolute Gasteiger partial charge is 0.392 e. The summed E-state index contributed by atoms with van der Waals surface area (Å²) in [6.45, 7) is 3.81. The van der Waals surface area contributed by atoms with Gasteiger partial charge in [-0.25, -0.2) is 0 Å². The van der Waals surface area contributed by atoms with Gasteiger partial charge in [0.1, 0.15) is 0 Å². The molecule has 100 valence electrons. The Morgan fingerprint density at radius 2 is 1.76 bits per heavy atom. The van der Waals surface area contributed by atoms with Crippen LogP contribution >= 0.6 is 0 Å². The van der Waals surface area contributed by atoms with E-state index in [2.05, 4.69) is 4.90 Å². The van der Waals surface area contributed by atoms with Crippen LogP contribution in [0.3, 0.4) is 0 Å². The van der Waals surface area contributed by atoms with Gasteiger partial charge in [0.05, 0.1) is 18.8 Å². The first kappa shape index (κ1) is 13.3. The Balaban J connectivity index is 1.58. The van der Waals surface area contributed by atoms with Crippen molar-refractivity contribution < 1.29 is 9.84 Å². The first-order valence-corrected chi connectivity index (χ1v) is 7.36. The van der Waals surface area contributed by atoms with Gasteiger partial charge < -0.3 is 9.84 Å². The van der Waals surface area contributed by atoms with Gasteiger partial charge in [0.25, 0.3) is 0 Å². The maximum absolute atomic E-state index is 9.58. The van der Waals surface area contributed by atoms with Gasteiger partial charge in [-0.2, -0.15) is 0 Å². The first-order chi connectivity index (χ1) is 8.34. The van der Waals surface area contributed by atoms with Crippen molar-refractivity contribution in [3.63, 3.8) is 0 Å². The van der Waals surface area contributed by atoms with E-state index in [0.717, 1.165) is 39.1 Å². The normalized spacial score (nSPS) is 29.1. The second-order valence-electron chi connectivity index (χ2n) is 5.58. The molecule has 2 rings (SSSR count). The average Bonchev–Trinajstić information content (AvgIpc) is 2.58. The number of hydrogen-bond donors (Lipinski definition) is 1. The van der Waals surface area contributed by atoms with Gasteiger partial charge >= 0.3 is 0 Å². The van der Waals surface area contributed by atoms with Gasteiger partial charge in [0, 0.05) is 13.1 Å². The van der Waals surface area contributed by atoms with E-state index in [1.165, 1.54) is 38.5 Å². The molecule has 0 bridgehead atoms. The molecule has 1 aliphatic heterocycles. The van der Waals surface area contributed by atoms with E-state index in [1.54, 1.807) is 0 Å². The number of ether oxygens (including phenoxy) is 1. The molecule has 2 aliphatic rings. The lowest BCUT2D eigenvalue weighted by atomic mass is 10.1. The molecule has 1 heterocycles. The third-order valence-electron chi connectivity index (χ3n) is 4.04. The molecule has 0 aromatic rings. The highest BCUT2D eigenvalue weighted by Gasteiger charge is 2.18. The topological polar surface area (TPSA) is 32.7 Å². The smallest absolute Gasteiger partial charge is 0.0667 e. The molecule has 3 heteroatoms. The lowest BCUT2D eigenvalue weighted by Gasteiger charge is -2.30. The average molecular weight is 241 g/mol. The molecule has 1 saturated heterocycles. The maximum Gasteiger partial charge on any atom is 0.0667 e. The lowest BCUT2D eigenvalue weighted by Crippen LogP contribution is -2.40. The van der Waals surface area contributed by atoms with Crippen molar-refractivity contribution in [2.24, 2.45) is 0 Å². The zero-order valence-electron chi connectivity index (χ0n) is 10.9. The molecule has 1 unspecified atom stereocenters. The van der Waals surface area contributed by atoms with Crippen LogP contribution in [0.2, 0.25) is 0 Å². The summed E-state index contributed by atoms with van der Waals surface area (Å²) < 4.78 is 5.98. The number of nitrogens with zero attached hydrogens (tertiary/aromatic N) is 1. The van der Waals surface area contributed by atoms with Crippen molar-refractivity contribution in [2.45, 2.75) is 63.6 Å². The number of rotatable bonds is 4. The number of likely N-dealkylation sites (tertiary alicyclic amines) is 1. The van der Waals surface area contributed by atoms with Crippen LogP contribution in [0.4, 0.5) is 0 Å². The Labute approximate surface area is 105 Å². The van der Waals surface area contributed by atoms with Crippen molar-refractivity contribution >= 4 is 0 Å². The molecule has 0 aromatic carbocycles. The predicted molar refractivity (Wildman–Crippen MR) is 69.1 cm³/mol. The van der Waals surface area contributed by atoms with E-state index in [1.807, 2.05) is 0 Å². The van der Waals surface area contributed by atoms with Gasteiger partial charge in [0.2, 0.25) is 0 Å². The molecular formula is C14H27NO2. The molecule has 3 nitrogen and oxygen atoms in total. The summed E-state index contributed by atoms with van der Waals surface area (Å²) in [7, 11) is 0. The van der Waals surface area contributed by atoms with Crippen LogP contribution in [-0.2, 0) is 4.74 Å². The minimum atomic E-state index is -0.110. The first-order valence-electron chi connectivity index (χ1n) is 7.36. The van der Waals surface area contributed by atoms with Gasteiger partial charge in [0.15, 0.2) is 0 Å². The molecule has 1 saturated carbocycles. The highest BCUT2D eigenvalue weighted by Crippen LogP contribution is 2.19. The van der Waals surface area contributed by atoms with E-state index in [4.69, 9.17) is 4.74 Å². The predicted octanol–water partition coefficient (Wildman–Crippen LogP) is 2.18. The van der Waals surface area contributed by atoms with Crippen molar-refractivity contribution in [1.82, 2.24) is 4.90 Å². The lowest BCUT2D eigenvalue weighted by molar-refractivity contribution is 0.0102. The molecule has 0 radical (unpaired) electrons. The highest BCUT2D eigenvalue weighted by molar-refractivity contribution is 4.72. The van der Waals surface area contributed by atoms with E-state index in [-0.39, 0.29) is 6.10 Å². The summed E-state index contributed by atoms with van der Waals surface area (Å²) in [5.41, 5.74) is 0. The van der Waals surface area contributed by atoms with Crippen molar-refractivity contribution in [2.75, 3.05) is 26.2 Å². The molecule has 0 amide bonds. The minimum Gasteiger partial charge on any atom is -0.392 e. The zero-order valence-corrected chi connectivity index (χ0v) is 10.9. The number of aliphatic hydroxyl groups excluding tert-OH is 1. The highest BCUT2D eigenvalue weighted by atomic mass is 16.5. The van der Waals surface area contributed by atoms with Gasteiger partial charge in [-0.1, -0.05) is 25.7 Å². The van der Waals surface area contributed by atoms with Crippen LogP contribution in [0.15, 0.2) is 0 Å². The van der Waals surface area contributed by atoms with Crippen LogP contribution in [0, 0.1) is 0 Å². The van der Waals surface area contributed by atoms with Gasteiger partial charge in [-0.05, 0) is 32.2 Å². The van der Waals surface area contributed by atoms with E-state index in [0.29, 0.717) is 6.10 Å². The van der Waals surface area contributed by atoms with E-state index < -0.39 is 0 Å². The quantitative estimate of drug-likeness (QED) is 0.766. The molecule has 17 heavy (non-hydrogen) atoms. The number of hydrogen-bond acceptors (Lipinski definition) is 3. The summed E-state index contributed by atoms with van der Waals surface area (Å²) in [4.78, 5) is 2.34. The van der Waals surface area contributed by atoms with Crippen LogP contribution < -0.4 is 0 Å². The third kappa shape index (κ3) is 4.94. The summed E-state index contributed by atoms with van der Waals surface area (Å²) in [5, 5.41) is 9.58. The van der Waals surface area contributed by atoms with Crippen molar-refractivity contribution in [1.29, 1.82) is 0 Å². The maximum atomic E-state index is 9.58. The summed E-state index contributed by atoms with van der Waals surface area (Å²) in [6.07, 6.45) is 10.5. The van der Waals surface area contributed by atoms with E-state index >= 15 is 0 Å². The Bertz CT molecular complexity index is 200. The number of aliphatic hydroxyl groups is 1. The Morgan fingerprint density at radius 1 is 1.00 bits per heavy atom. The van der Waals surface area contributed by atoms with E-state index in [9.17, 15) is 5.11 Å². The molecule has 0 spiro atoms. The van der Waals surface area contributed by atoms with Crippen LogP contribution in [0.5, 0.6) is 0 Å². The van der Waals surface area contributed by atoms with Crippen molar-refractivity contribution in [3.05, 3.63) is 0 Å². The summed E-state index contributed by atoms with van der Waals surface area (Å²) >= 11 is 0. The second-order valence-corrected chi connectivity index (χ2v) is 5.58. The molecule has 0 aromatic heterocycles. The van der Waals surface area contributed by atoms with Crippen LogP contribution in [0.25, 0.3) is 0 Å². The summed E-state index contributed by atoms with van der Waals surface area (Å²) in [5.74, 6) is 0. The summed E-state index contributed by atoms with van der Waals surface area (Å²) in [6, 6.07) is 0. The van der Waals surface area contributed by atoms with Gasteiger partial charge in [-0.3, -0.25) is 4.90 Å². The standard InChI is InChI=1S/C14H27NO2/c16-13-6-5-9-15(12-13)10-11-17-14-7-3-1-2-4-8-14/h13-14,16H,1-12H2. The minimum absolute atomic E-state index is 0.110. The second kappa shape index (κ2) is 7.34. The SMILES string of the molecule is OC1CCCN(CCOC2CCCCCC2)C1. The fourth-order valence-electron chi connectivity index (χ4n) is 2.99. The fraction of sp³-hybridized carbons (Fsp3) is 1.00. The Morgan fingerprint density at radius 3 is 2.47 bits per heavy atom. The van der Waals surface area contributed by atoms with Crippen LogP contribution in [0.1, 0.15) is 51.4 Å². The molecular weight excluding hydrogens is 214 g/mol. The van der Waals surface area contributed by atoms with Crippen LogP contribution in [-0.4, -0.2) is 48.5 Å². The molecule has 2 fully saturated rings. The third-order valence-corrected chi connectivity index (χ3v) is 4.04. The fourth-order valence-corrected chi connectivity index (χ4v) is 2.99. The van der Waals surface area contributed by atoms with Crippen molar-refractivity contribution in [3.8, 4) is 0 Å². The monoisotopic (exact) mass is 241 g/mol. The molecule has 1 aliphatic carbocycles. The van der Waals surface area contributed by atoms with Gasteiger partial charge in [-0.15, -0.1) is 0 Å². The number of piperidine rings is 1. The molecule has 1 N–H and O–H groups in total. The zero-order chi connectivity index (χ0) is 11.9. The molecule has 1 atom stereocenters.